The average molecular weight is 242 g/mol. The van der Waals surface area contributed by atoms with E-state index in [1.165, 1.54) is 25.7 Å². The van der Waals surface area contributed by atoms with Crippen molar-refractivity contribution >= 4 is 10.8 Å². The van der Waals surface area contributed by atoms with Crippen molar-refractivity contribution in [1.82, 2.24) is 10.2 Å². The van der Waals surface area contributed by atoms with Gasteiger partial charge >= 0.3 is 0 Å². The first-order chi connectivity index (χ1) is 8.75. The Morgan fingerprint density at radius 3 is 2.72 bits per heavy atom. The SMILES string of the molecule is C[C@@H](CC1CCC1)c1n[nH]c(=O)c2ccccc12. The third-order valence-corrected chi connectivity index (χ3v) is 4.10. The van der Waals surface area contributed by atoms with E-state index in [9.17, 15) is 4.79 Å². The molecule has 3 nitrogen and oxygen atoms in total. The standard InChI is InChI=1S/C15H18N2O/c1-10(9-11-5-4-6-11)14-12-7-2-3-8-13(12)15(18)17-16-14/h2-3,7-8,10-11H,4-6,9H2,1H3,(H,17,18)/t10-/m0/s1. The van der Waals surface area contributed by atoms with Crippen molar-refractivity contribution in [2.24, 2.45) is 5.92 Å². The summed E-state index contributed by atoms with van der Waals surface area (Å²) in [4.78, 5) is 11.7. The van der Waals surface area contributed by atoms with Crippen molar-refractivity contribution in [2.75, 3.05) is 0 Å². The molecule has 0 spiro atoms. The summed E-state index contributed by atoms with van der Waals surface area (Å²) in [5, 5.41) is 8.67. The van der Waals surface area contributed by atoms with Crippen molar-refractivity contribution in [3.05, 3.63) is 40.3 Å². The molecular weight excluding hydrogens is 224 g/mol. The van der Waals surface area contributed by atoms with Crippen LogP contribution in [0.25, 0.3) is 10.8 Å². The molecule has 1 saturated carbocycles. The Labute approximate surface area is 106 Å². The predicted octanol–water partition coefficient (Wildman–Crippen LogP) is 3.22. The lowest BCUT2D eigenvalue weighted by atomic mass is 9.78. The topological polar surface area (TPSA) is 45.8 Å². The molecule has 0 bridgehead atoms. The van der Waals surface area contributed by atoms with Crippen LogP contribution in [0.15, 0.2) is 29.1 Å². The highest BCUT2D eigenvalue weighted by Crippen LogP contribution is 2.36. The Morgan fingerprint density at radius 2 is 2.06 bits per heavy atom. The number of aromatic amines is 1. The quantitative estimate of drug-likeness (QED) is 0.898. The van der Waals surface area contributed by atoms with E-state index < -0.39 is 0 Å². The molecule has 0 saturated heterocycles. The molecule has 3 heteroatoms. The number of fused-ring (bicyclic) bond motifs is 1. The lowest BCUT2D eigenvalue weighted by Crippen LogP contribution is -2.17. The van der Waals surface area contributed by atoms with Crippen molar-refractivity contribution in [2.45, 2.75) is 38.5 Å². The van der Waals surface area contributed by atoms with Crippen molar-refractivity contribution in [1.29, 1.82) is 0 Å². The third-order valence-electron chi connectivity index (χ3n) is 4.10. The van der Waals surface area contributed by atoms with Gasteiger partial charge < -0.3 is 0 Å². The zero-order chi connectivity index (χ0) is 12.5. The first-order valence-corrected chi connectivity index (χ1v) is 6.73. The maximum Gasteiger partial charge on any atom is 0.272 e. The van der Waals surface area contributed by atoms with Gasteiger partial charge in [-0.25, -0.2) is 5.10 Å². The average Bonchev–Trinajstić information content (AvgIpc) is 2.34. The first kappa shape index (κ1) is 11.5. The molecule has 1 heterocycles. The van der Waals surface area contributed by atoms with Crippen molar-refractivity contribution in [3.8, 4) is 0 Å². The van der Waals surface area contributed by atoms with E-state index in [1.807, 2.05) is 24.3 Å². The van der Waals surface area contributed by atoms with E-state index in [1.54, 1.807) is 0 Å². The van der Waals surface area contributed by atoms with Crippen LogP contribution in [0.1, 0.15) is 44.2 Å². The Bertz CT molecular complexity index is 613. The van der Waals surface area contributed by atoms with Gasteiger partial charge in [0.1, 0.15) is 0 Å². The lowest BCUT2D eigenvalue weighted by molar-refractivity contribution is 0.279. The Hall–Kier alpha value is -1.64. The molecule has 3 rings (SSSR count). The summed E-state index contributed by atoms with van der Waals surface area (Å²) in [6.07, 6.45) is 5.26. The molecule has 1 aromatic heterocycles. The number of H-pyrrole nitrogens is 1. The largest absolute Gasteiger partial charge is 0.272 e. The summed E-state index contributed by atoms with van der Waals surface area (Å²) in [7, 11) is 0. The third kappa shape index (κ3) is 1.94. The molecular formula is C15H18N2O. The minimum atomic E-state index is -0.0924. The Balaban J connectivity index is 2.00. The number of aromatic nitrogens is 2. The molecule has 1 atom stereocenters. The van der Waals surface area contributed by atoms with Crippen LogP contribution in [-0.4, -0.2) is 10.2 Å². The summed E-state index contributed by atoms with van der Waals surface area (Å²) in [5.74, 6) is 1.27. The zero-order valence-corrected chi connectivity index (χ0v) is 10.6. The second-order valence-electron chi connectivity index (χ2n) is 5.42. The number of hydrogen-bond acceptors (Lipinski definition) is 2. The van der Waals surface area contributed by atoms with Crippen molar-refractivity contribution in [3.63, 3.8) is 0 Å². The van der Waals surface area contributed by atoms with Gasteiger partial charge in [-0.2, -0.15) is 5.10 Å². The Kier molecular flexibility index (Phi) is 2.90. The molecule has 1 N–H and O–H groups in total. The fourth-order valence-corrected chi connectivity index (χ4v) is 2.85. The lowest BCUT2D eigenvalue weighted by Gasteiger charge is -2.28. The van der Waals surface area contributed by atoms with E-state index in [-0.39, 0.29) is 5.56 Å². The van der Waals surface area contributed by atoms with Gasteiger partial charge in [-0.15, -0.1) is 0 Å². The number of hydrogen-bond donors (Lipinski definition) is 1. The van der Waals surface area contributed by atoms with Crippen LogP contribution in [0, 0.1) is 5.92 Å². The molecule has 0 aliphatic heterocycles. The van der Waals surface area contributed by atoms with Gasteiger partial charge in [0, 0.05) is 11.3 Å². The molecule has 1 aromatic carbocycles. The number of nitrogens with zero attached hydrogens (tertiary/aromatic N) is 1. The normalized spacial score (nSPS) is 17.6. The Morgan fingerprint density at radius 1 is 1.33 bits per heavy atom. The molecule has 0 radical (unpaired) electrons. The van der Waals surface area contributed by atoms with E-state index in [2.05, 4.69) is 17.1 Å². The van der Waals surface area contributed by atoms with E-state index in [4.69, 9.17) is 0 Å². The summed E-state index contributed by atoms with van der Waals surface area (Å²) in [5.41, 5.74) is 0.947. The van der Waals surface area contributed by atoms with Crippen LogP contribution >= 0.6 is 0 Å². The molecule has 0 unspecified atom stereocenters. The van der Waals surface area contributed by atoms with Gasteiger partial charge in [0.05, 0.1) is 11.1 Å². The maximum absolute atomic E-state index is 11.7. The van der Waals surface area contributed by atoms with Crippen molar-refractivity contribution < 1.29 is 0 Å². The van der Waals surface area contributed by atoms with E-state index >= 15 is 0 Å². The van der Waals surface area contributed by atoms with Gasteiger partial charge in [-0.05, 0) is 18.4 Å². The minimum absolute atomic E-state index is 0.0924. The highest BCUT2D eigenvalue weighted by Gasteiger charge is 2.22. The number of benzene rings is 1. The van der Waals surface area contributed by atoms with Gasteiger partial charge in [0.2, 0.25) is 0 Å². The fraction of sp³-hybridized carbons (Fsp3) is 0.467. The number of rotatable bonds is 3. The van der Waals surface area contributed by atoms with Crippen LogP contribution in [0.5, 0.6) is 0 Å². The summed E-state index contributed by atoms with van der Waals surface area (Å²) >= 11 is 0. The molecule has 18 heavy (non-hydrogen) atoms. The van der Waals surface area contributed by atoms with Gasteiger partial charge in [0.25, 0.3) is 5.56 Å². The van der Waals surface area contributed by atoms with Crippen LogP contribution in [0.3, 0.4) is 0 Å². The molecule has 94 valence electrons. The second kappa shape index (κ2) is 4.56. The zero-order valence-electron chi connectivity index (χ0n) is 10.6. The van der Waals surface area contributed by atoms with Gasteiger partial charge in [0.15, 0.2) is 0 Å². The fourth-order valence-electron chi connectivity index (χ4n) is 2.85. The molecule has 1 fully saturated rings. The molecule has 2 aromatic rings. The van der Waals surface area contributed by atoms with E-state index in [0.29, 0.717) is 5.92 Å². The monoisotopic (exact) mass is 242 g/mol. The van der Waals surface area contributed by atoms with Gasteiger partial charge in [-0.3, -0.25) is 4.79 Å². The maximum atomic E-state index is 11.7. The van der Waals surface area contributed by atoms with Crippen LogP contribution in [-0.2, 0) is 0 Å². The number of nitrogens with one attached hydrogen (secondary N) is 1. The second-order valence-corrected chi connectivity index (χ2v) is 5.42. The molecule has 1 aliphatic carbocycles. The predicted molar refractivity (Wildman–Crippen MR) is 72.7 cm³/mol. The van der Waals surface area contributed by atoms with Crippen LogP contribution < -0.4 is 5.56 Å². The van der Waals surface area contributed by atoms with Gasteiger partial charge in [-0.1, -0.05) is 44.4 Å². The smallest absolute Gasteiger partial charge is 0.267 e. The molecule has 1 aliphatic rings. The highest BCUT2D eigenvalue weighted by atomic mass is 16.1. The molecule has 0 amide bonds. The first-order valence-electron chi connectivity index (χ1n) is 6.73. The summed E-state index contributed by atoms with van der Waals surface area (Å²) in [6.45, 7) is 2.21. The minimum Gasteiger partial charge on any atom is -0.267 e. The summed E-state index contributed by atoms with van der Waals surface area (Å²) in [6, 6.07) is 7.75. The van der Waals surface area contributed by atoms with Crippen LogP contribution in [0.4, 0.5) is 0 Å². The highest BCUT2D eigenvalue weighted by molar-refractivity contribution is 5.83. The van der Waals surface area contributed by atoms with E-state index in [0.717, 1.165) is 22.4 Å². The summed E-state index contributed by atoms with van der Waals surface area (Å²) < 4.78 is 0. The van der Waals surface area contributed by atoms with Crippen LogP contribution in [0.2, 0.25) is 0 Å².